The molecule has 1 aromatic heterocycles. The fraction of sp³-hybridized carbons (Fsp3) is 0.375. The first-order valence-electron chi connectivity index (χ1n) is 7.01. The van der Waals surface area contributed by atoms with Crippen LogP contribution in [0.4, 0.5) is 0 Å². The lowest BCUT2D eigenvalue weighted by Gasteiger charge is -2.27. The molecule has 1 heterocycles. The number of aliphatic hydroxyl groups is 1. The maximum Gasteiger partial charge on any atom is 0.271 e. The number of hydrogen-bond acceptors (Lipinski definition) is 3. The van der Waals surface area contributed by atoms with E-state index < -0.39 is 5.54 Å². The molecule has 104 valence electrons. The van der Waals surface area contributed by atoms with Gasteiger partial charge in [-0.25, -0.2) is 0 Å². The molecule has 3 rings (SSSR count). The summed E-state index contributed by atoms with van der Waals surface area (Å²) in [4.78, 5) is 16.7. The van der Waals surface area contributed by atoms with E-state index in [4.69, 9.17) is 0 Å². The van der Waals surface area contributed by atoms with Crippen LogP contribution in [0.1, 0.15) is 36.2 Å². The fourth-order valence-corrected chi connectivity index (χ4v) is 2.98. The Bertz CT molecular complexity index is 628. The first-order chi connectivity index (χ1) is 9.74. The molecular formula is C16H18N2O2. The maximum atomic E-state index is 12.5. The zero-order valence-electron chi connectivity index (χ0n) is 11.3. The molecule has 4 heteroatoms. The molecule has 0 bridgehead atoms. The minimum atomic E-state index is -0.463. The van der Waals surface area contributed by atoms with Crippen LogP contribution in [0.25, 0.3) is 10.8 Å². The number of carbonyl (C=O) groups is 1. The number of rotatable bonds is 3. The van der Waals surface area contributed by atoms with Gasteiger partial charge in [-0.3, -0.25) is 9.78 Å². The van der Waals surface area contributed by atoms with Crippen molar-refractivity contribution >= 4 is 16.7 Å². The van der Waals surface area contributed by atoms with Crippen LogP contribution < -0.4 is 5.32 Å². The number of nitrogens with one attached hydrogen (secondary N) is 1. The van der Waals surface area contributed by atoms with Gasteiger partial charge in [-0.2, -0.15) is 0 Å². The first-order valence-corrected chi connectivity index (χ1v) is 7.01. The fourth-order valence-electron chi connectivity index (χ4n) is 2.98. The van der Waals surface area contributed by atoms with Crippen molar-refractivity contribution < 1.29 is 9.90 Å². The number of aromatic nitrogens is 1. The Kier molecular flexibility index (Phi) is 3.40. The number of carbonyl (C=O) groups excluding carboxylic acids is 1. The predicted molar refractivity (Wildman–Crippen MR) is 77.5 cm³/mol. The van der Waals surface area contributed by atoms with Crippen LogP contribution in [-0.2, 0) is 0 Å². The lowest BCUT2D eigenvalue weighted by molar-refractivity contribution is 0.0835. The zero-order valence-corrected chi connectivity index (χ0v) is 11.3. The molecule has 0 saturated heterocycles. The standard InChI is InChI=1S/C16H18N2O2/c19-11-16(8-3-4-9-16)18-15(20)14-13-6-2-1-5-12(13)7-10-17-14/h1-2,5-7,10,19H,3-4,8-9,11H2,(H,18,20). The summed E-state index contributed by atoms with van der Waals surface area (Å²) in [6.45, 7) is -0.0104. The van der Waals surface area contributed by atoms with E-state index in [0.29, 0.717) is 5.69 Å². The third-order valence-corrected chi connectivity index (χ3v) is 4.13. The molecular weight excluding hydrogens is 252 g/mol. The van der Waals surface area contributed by atoms with E-state index in [1.165, 1.54) is 0 Å². The third-order valence-electron chi connectivity index (χ3n) is 4.13. The Morgan fingerprint density at radius 1 is 1.25 bits per heavy atom. The summed E-state index contributed by atoms with van der Waals surface area (Å²) in [5.74, 6) is -0.197. The van der Waals surface area contributed by atoms with Crippen LogP contribution in [0.2, 0.25) is 0 Å². The van der Waals surface area contributed by atoms with Gasteiger partial charge in [0.25, 0.3) is 5.91 Å². The summed E-state index contributed by atoms with van der Waals surface area (Å²) in [5, 5.41) is 14.4. The number of pyridine rings is 1. The second-order valence-corrected chi connectivity index (χ2v) is 5.48. The summed E-state index contributed by atoms with van der Waals surface area (Å²) in [5.41, 5.74) is -0.0294. The quantitative estimate of drug-likeness (QED) is 0.899. The van der Waals surface area contributed by atoms with Gasteiger partial charge in [0.05, 0.1) is 12.1 Å². The van der Waals surface area contributed by atoms with E-state index in [0.717, 1.165) is 36.5 Å². The van der Waals surface area contributed by atoms with E-state index in [2.05, 4.69) is 10.3 Å². The van der Waals surface area contributed by atoms with Crippen molar-refractivity contribution in [1.82, 2.24) is 10.3 Å². The topological polar surface area (TPSA) is 62.2 Å². The Balaban J connectivity index is 1.93. The monoisotopic (exact) mass is 270 g/mol. The highest BCUT2D eigenvalue weighted by atomic mass is 16.3. The van der Waals surface area contributed by atoms with Gasteiger partial charge < -0.3 is 10.4 Å². The number of aliphatic hydroxyl groups excluding tert-OH is 1. The van der Waals surface area contributed by atoms with Crippen molar-refractivity contribution in [1.29, 1.82) is 0 Å². The maximum absolute atomic E-state index is 12.5. The zero-order chi connectivity index (χ0) is 14.0. The van der Waals surface area contributed by atoms with Crippen molar-refractivity contribution in [3.63, 3.8) is 0 Å². The van der Waals surface area contributed by atoms with E-state index in [-0.39, 0.29) is 12.5 Å². The number of hydrogen-bond donors (Lipinski definition) is 2. The van der Waals surface area contributed by atoms with Crippen LogP contribution in [0, 0.1) is 0 Å². The second kappa shape index (κ2) is 5.21. The van der Waals surface area contributed by atoms with Gasteiger partial charge in [0.1, 0.15) is 5.69 Å². The van der Waals surface area contributed by atoms with Crippen LogP contribution in [0.5, 0.6) is 0 Å². The summed E-state index contributed by atoms with van der Waals surface area (Å²) >= 11 is 0. The van der Waals surface area contributed by atoms with E-state index >= 15 is 0 Å². The van der Waals surface area contributed by atoms with Gasteiger partial charge in [0.2, 0.25) is 0 Å². The van der Waals surface area contributed by atoms with Gasteiger partial charge in [0.15, 0.2) is 0 Å². The van der Waals surface area contributed by atoms with E-state index in [1.807, 2.05) is 30.3 Å². The third kappa shape index (κ3) is 2.27. The Labute approximate surface area is 117 Å². The van der Waals surface area contributed by atoms with Crippen molar-refractivity contribution in [2.24, 2.45) is 0 Å². The van der Waals surface area contributed by atoms with Crippen LogP contribution in [0.3, 0.4) is 0 Å². The molecule has 1 saturated carbocycles. The van der Waals surface area contributed by atoms with Crippen molar-refractivity contribution in [2.45, 2.75) is 31.2 Å². The molecule has 0 aliphatic heterocycles. The molecule has 4 nitrogen and oxygen atoms in total. The number of amides is 1. The Hall–Kier alpha value is -1.94. The molecule has 1 aliphatic carbocycles. The summed E-state index contributed by atoms with van der Waals surface area (Å²) < 4.78 is 0. The van der Waals surface area contributed by atoms with Gasteiger partial charge in [0, 0.05) is 11.6 Å². The SMILES string of the molecule is O=C(NC1(CO)CCCC1)c1nccc2ccccc12. The molecule has 2 aromatic rings. The lowest BCUT2D eigenvalue weighted by atomic mass is 9.98. The van der Waals surface area contributed by atoms with Crippen molar-refractivity contribution in [3.05, 3.63) is 42.2 Å². The minimum absolute atomic E-state index is 0.0104. The molecule has 1 amide bonds. The molecule has 0 radical (unpaired) electrons. The summed E-state index contributed by atoms with van der Waals surface area (Å²) in [6.07, 6.45) is 5.41. The second-order valence-electron chi connectivity index (χ2n) is 5.48. The molecule has 0 atom stereocenters. The molecule has 20 heavy (non-hydrogen) atoms. The summed E-state index contributed by atoms with van der Waals surface area (Å²) in [6, 6.07) is 9.60. The predicted octanol–water partition coefficient (Wildman–Crippen LogP) is 2.27. The molecule has 1 aromatic carbocycles. The normalized spacial score (nSPS) is 17.2. The van der Waals surface area contributed by atoms with Crippen LogP contribution >= 0.6 is 0 Å². The number of benzene rings is 1. The Morgan fingerprint density at radius 2 is 2.00 bits per heavy atom. The first kappa shape index (κ1) is 13.1. The van der Waals surface area contributed by atoms with Gasteiger partial charge in [-0.05, 0) is 24.3 Å². The van der Waals surface area contributed by atoms with Crippen LogP contribution in [-0.4, -0.2) is 28.1 Å². The van der Waals surface area contributed by atoms with E-state index in [1.54, 1.807) is 6.20 Å². The van der Waals surface area contributed by atoms with Crippen LogP contribution in [0.15, 0.2) is 36.5 Å². The minimum Gasteiger partial charge on any atom is -0.394 e. The number of fused-ring (bicyclic) bond motifs is 1. The summed E-state index contributed by atoms with van der Waals surface area (Å²) in [7, 11) is 0. The molecule has 1 aliphatic rings. The Morgan fingerprint density at radius 3 is 2.75 bits per heavy atom. The van der Waals surface area contributed by atoms with Gasteiger partial charge >= 0.3 is 0 Å². The largest absolute Gasteiger partial charge is 0.394 e. The van der Waals surface area contributed by atoms with Gasteiger partial charge in [-0.15, -0.1) is 0 Å². The number of nitrogens with zero attached hydrogens (tertiary/aromatic N) is 1. The highest BCUT2D eigenvalue weighted by Crippen LogP contribution is 2.29. The highest BCUT2D eigenvalue weighted by Gasteiger charge is 2.35. The molecule has 1 fully saturated rings. The van der Waals surface area contributed by atoms with E-state index in [9.17, 15) is 9.90 Å². The smallest absolute Gasteiger partial charge is 0.271 e. The molecule has 0 unspecified atom stereocenters. The van der Waals surface area contributed by atoms with Crippen molar-refractivity contribution in [3.8, 4) is 0 Å². The van der Waals surface area contributed by atoms with Gasteiger partial charge in [-0.1, -0.05) is 37.1 Å². The average molecular weight is 270 g/mol. The average Bonchev–Trinajstić information content (AvgIpc) is 2.95. The molecule has 2 N–H and O–H groups in total. The lowest BCUT2D eigenvalue weighted by Crippen LogP contribution is -2.49. The van der Waals surface area contributed by atoms with Crippen molar-refractivity contribution in [2.75, 3.05) is 6.61 Å². The highest BCUT2D eigenvalue weighted by molar-refractivity contribution is 6.05. The molecule has 0 spiro atoms.